The number of likely N-dealkylation sites (tertiary alicyclic amines) is 1. The molecule has 0 bridgehead atoms. The van der Waals surface area contributed by atoms with Gasteiger partial charge in [0.05, 0.1) is 6.04 Å². The highest BCUT2D eigenvalue weighted by molar-refractivity contribution is 5.17. The maximum Gasteiger partial charge on any atom is 0.0681 e. The lowest BCUT2D eigenvalue weighted by atomic mass is 9.81. The highest BCUT2D eigenvalue weighted by Crippen LogP contribution is 2.33. The molecule has 0 amide bonds. The molecule has 0 spiro atoms. The van der Waals surface area contributed by atoms with E-state index in [-0.39, 0.29) is 6.04 Å². The Kier molecular flexibility index (Phi) is 11.2. The Bertz CT molecular complexity index is 765. The van der Waals surface area contributed by atoms with Crippen LogP contribution in [0.5, 0.6) is 0 Å². The van der Waals surface area contributed by atoms with E-state index in [0.717, 1.165) is 38.2 Å². The molecule has 1 saturated carbocycles. The van der Waals surface area contributed by atoms with Gasteiger partial charge in [-0.3, -0.25) is 0 Å². The van der Waals surface area contributed by atoms with Crippen molar-refractivity contribution in [1.29, 1.82) is 0 Å². The van der Waals surface area contributed by atoms with Crippen LogP contribution in [-0.4, -0.2) is 61.2 Å². The van der Waals surface area contributed by atoms with Crippen LogP contribution in [0.15, 0.2) is 54.9 Å². The average molecular weight is 481 g/mol. The zero-order valence-electron chi connectivity index (χ0n) is 23.1. The van der Waals surface area contributed by atoms with E-state index in [1.807, 2.05) is 7.05 Å². The van der Waals surface area contributed by atoms with Crippen molar-refractivity contribution in [3.05, 3.63) is 60.4 Å². The molecule has 2 unspecified atom stereocenters. The van der Waals surface area contributed by atoms with Crippen molar-refractivity contribution in [2.24, 2.45) is 11.8 Å². The Morgan fingerprint density at radius 2 is 1.80 bits per heavy atom. The molecule has 2 N–H and O–H groups in total. The van der Waals surface area contributed by atoms with Crippen molar-refractivity contribution in [3.63, 3.8) is 0 Å². The van der Waals surface area contributed by atoms with E-state index in [1.165, 1.54) is 56.3 Å². The molecule has 1 aliphatic carbocycles. The number of likely N-dealkylation sites (N-methyl/N-ethyl adjacent to an activating group) is 2. The van der Waals surface area contributed by atoms with Crippen molar-refractivity contribution < 1.29 is 0 Å². The summed E-state index contributed by atoms with van der Waals surface area (Å²) in [5.74, 6) is 1.32. The van der Waals surface area contributed by atoms with Gasteiger partial charge in [-0.2, -0.15) is 0 Å². The van der Waals surface area contributed by atoms with Crippen molar-refractivity contribution >= 4 is 0 Å². The van der Waals surface area contributed by atoms with Crippen LogP contribution in [0.25, 0.3) is 0 Å². The second-order valence-corrected chi connectivity index (χ2v) is 10.9. The summed E-state index contributed by atoms with van der Waals surface area (Å²) in [7, 11) is 2.04. The molecule has 2 aliphatic rings. The molecule has 1 aromatic rings. The number of hydrogen-bond donors (Lipinski definition) is 2. The maximum atomic E-state index is 4.78. The molecule has 0 aromatic heterocycles. The summed E-state index contributed by atoms with van der Waals surface area (Å²) in [6, 6.07) is 12.0. The first kappa shape index (κ1) is 27.8. The summed E-state index contributed by atoms with van der Waals surface area (Å²) >= 11 is 0. The van der Waals surface area contributed by atoms with E-state index in [1.54, 1.807) is 0 Å². The minimum Gasteiger partial charge on any atom is -0.379 e. The van der Waals surface area contributed by atoms with E-state index < -0.39 is 0 Å². The topological polar surface area (TPSA) is 30.5 Å². The highest BCUT2D eigenvalue weighted by Gasteiger charge is 2.35. The molecule has 1 heterocycles. The van der Waals surface area contributed by atoms with Crippen molar-refractivity contribution in [2.45, 2.75) is 90.3 Å². The lowest BCUT2D eigenvalue weighted by Crippen LogP contribution is -2.55. The molecule has 196 valence electrons. The van der Waals surface area contributed by atoms with Crippen molar-refractivity contribution in [3.8, 4) is 0 Å². The van der Waals surface area contributed by atoms with Crippen LogP contribution in [0.3, 0.4) is 0 Å². The lowest BCUT2D eigenvalue weighted by Gasteiger charge is -2.47. The van der Waals surface area contributed by atoms with Gasteiger partial charge >= 0.3 is 0 Å². The van der Waals surface area contributed by atoms with Crippen LogP contribution in [0.4, 0.5) is 0 Å². The van der Waals surface area contributed by atoms with Crippen LogP contribution < -0.4 is 10.6 Å². The third kappa shape index (κ3) is 7.60. The van der Waals surface area contributed by atoms with Gasteiger partial charge in [-0.25, -0.2) is 0 Å². The lowest BCUT2D eigenvalue weighted by molar-refractivity contribution is 0.0747. The van der Waals surface area contributed by atoms with Crippen LogP contribution in [0, 0.1) is 11.8 Å². The maximum absolute atomic E-state index is 4.78. The third-order valence-corrected chi connectivity index (χ3v) is 8.67. The molecule has 1 aliphatic heterocycles. The molecule has 0 radical (unpaired) electrons. The number of benzene rings is 1. The van der Waals surface area contributed by atoms with Gasteiger partial charge in [-0.05, 0) is 70.0 Å². The first-order valence-electron chi connectivity index (χ1n) is 14.3. The molecule has 35 heavy (non-hydrogen) atoms. The normalized spacial score (nSPS) is 23.4. The molecule has 4 atom stereocenters. The second-order valence-electron chi connectivity index (χ2n) is 10.9. The number of piperidine rings is 1. The Labute approximate surface area is 216 Å². The SMILES string of the molecule is C=C(NC(C(=C)N(CC)[C@@H]1CN(CCc2ccccc2)CC[C@@H]1C)C1CCCCC1)C(CC)NC. The Morgan fingerprint density at radius 3 is 2.43 bits per heavy atom. The molecule has 4 nitrogen and oxygen atoms in total. The number of nitrogens with one attached hydrogen (secondary N) is 2. The zero-order valence-corrected chi connectivity index (χ0v) is 23.1. The minimum atomic E-state index is 0.275. The minimum absolute atomic E-state index is 0.275. The summed E-state index contributed by atoms with van der Waals surface area (Å²) in [6.45, 7) is 20.7. The summed E-state index contributed by atoms with van der Waals surface area (Å²) in [5, 5.41) is 7.34. The highest BCUT2D eigenvalue weighted by atomic mass is 15.3. The van der Waals surface area contributed by atoms with Crippen LogP contribution in [-0.2, 0) is 6.42 Å². The molecular weight excluding hydrogens is 428 g/mol. The van der Waals surface area contributed by atoms with Crippen LogP contribution >= 0.6 is 0 Å². The van der Waals surface area contributed by atoms with E-state index in [4.69, 9.17) is 6.58 Å². The van der Waals surface area contributed by atoms with Crippen molar-refractivity contribution in [2.75, 3.05) is 33.2 Å². The van der Waals surface area contributed by atoms with Gasteiger partial charge in [-0.1, -0.05) is 76.6 Å². The quantitative estimate of drug-likeness (QED) is 0.372. The molecule has 1 aromatic carbocycles. The zero-order chi connectivity index (χ0) is 25.2. The standard InChI is InChI=1S/C31H52N4/c1-7-29(32-6)25(4)33-31(28-17-13-10-14-18-28)26(5)35(8-2)30-23-34(21-19-24(30)3)22-20-27-15-11-9-12-16-27/h9,11-12,15-16,24,28-33H,4-5,7-8,10,13-14,17-23H2,1-3,6H3/t24-,29?,30+,31?/m0/s1. The number of rotatable bonds is 13. The Balaban J connectivity index is 1.72. The Hall–Kier alpha value is -1.78. The fourth-order valence-electron chi connectivity index (χ4n) is 6.35. The van der Waals surface area contributed by atoms with E-state index in [9.17, 15) is 0 Å². The summed E-state index contributed by atoms with van der Waals surface area (Å²) in [6.07, 6.45) is 10.1. The number of nitrogens with zero attached hydrogens (tertiary/aromatic N) is 2. The number of hydrogen-bond acceptors (Lipinski definition) is 4. The fourth-order valence-corrected chi connectivity index (χ4v) is 6.35. The Morgan fingerprint density at radius 1 is 1.09 bits per heavy atom. The molecule has 3 rings (SSSR count). The summed E-state index contributed by atoms with van der Waals surface area (Å²) in [4.78, 5) is 5.34. The van der Waals surface area contributed by atoms with Gasteiger partial charge in [0.1, 0.15) is 0 Å². The van der Waals surface area contributed by atoms with Gasteiger partial charge in [0.25, 0.3) is 0 Å². The van der Waals surface area contributed by atoms with Gasteiger partial charge in [0.2, 0.25) is 0 Å². The molecular formula is C31H52N4. The van der Waals surface area contributed by atoms with Gasteiger partial charge in [-0.15, -0.1) is 0 Å². The fraction of sp³-hybridized carbons (Fsp3) is 0.677. The summed E-state index contributed by atoms with van der Waals surface area (Å²) in [5.41, 5.74) is 3.84. The molecule has 2 fully saturated rings. The first-order valence-corrected chi connectivity index (χ1v) is 14.3. The predicted octanol–water partition coefficient (Wildman–Crippen LogP) is 5.83. The smallest absolute Gasteiger partial charge is 0.0681 e. The van der Waals surface area contributed by atoms with Crippen molar-refractivity contribution in [1.82, 2.24) is 20.4 Å². The van der Waals surface area contributed by atoms with Gasteiger partial charge < -0.3 is 20.4 Å². The second kappa shape index (κ2) is 14.1. The monoisotopic (exact) mass is 480 g/mol. The van der Waals surface area contributed by atoms with E-state index in [0.29, 0.717) is 23.9 Å². The predicted molar refractivity (Wildman–Crippen MR) is 151 cm³/mol. The van der Waals surface area contributed by atoms with Gasteiger partial charge in [0, 0.05) is 43.1 Å². The molecule has 4 heteroatoms. The van der Waals surface area contributed by atoms with Crippen LogP contribution in [0.2, 0.25) is 0 Å². The van der Waals surface area contributed by atoms with E-state index >= 15 is 0 Å². The summed E-state index contributed by atoms with van der Waals surface area (Å²) < 4.78 is 0. The third-order valence-electron chi connectivity index (χ3n) is 8.67. The van der Waals surface area contributed by atoms with E-state index in [2.05, 4.69) is 78.1 Å². The molecule has 1 saturated heterocycles. The first-order chi connectivity index (χ1) is 17.0. The van der Waals surface area contributed by atoms with Crippen LogP contribution in [0.1, 0.15) is 71.3 Å². The largest absolute Gasteiger partial charge is 0.379 e. The van der Waals surface area contributed by atoms with Gasteiger partial charge in [0.15, 0.2) is 0 Å². The average Bonchev–Trinajstić information content (AvgIpc) is 2.89.